The summed E-state index contributed by atoms with van der Waals surface area (Å²) < 4.78 is 7.62. The van der Waals surface area contributed by atoms with Gasteiger partial charge in [0, 0.05) is 18.3 Å². The van der Waals surface area contributed by atoms with Crippen molar-refractivity contribution in [3.8, 4) is 5.75 Å². The van der Waals surface area contributed by atoms with E-state index in [2.05, 4.69) is 44.6 Å². The quantitative estimate of drug-likeness (QED) is 0.545. The van der Waals surface area contributed by atoms with Crippen LogP contribution in [-0.4, -0.2) is 26.1 Å². The lowest BCUT2D eigenvalue weighted by Gasteiger charge is -2.10. The van der Waals surface area contributed by atoms with Gasteiger partial charge in [0.1, 0.15) is 24.5 Å². The lowest BCUT2D eigenvalue weighted by Crippen LogP contribution is -2.10. The maximum atomic E-state index is 5.91. The van der Waals surface area contributed by atoms with Gasteiger partial charge in [-0.3, -0.25) is 0 Å². The van der Waals surface area contributed by atoms with Crippen molar-refractivity contribution in [3.63, 3.8) is 0 Å². The summed E-state index contributed by atoms with van der Waals surface area (Å²) in [5, 5.41) is 7.63. The molecule has 0 aliphatic heterocycles. The second-order valence-corrected chi connectivity index (χ2v) is 6.35. The van der Waals surface area contributed by atoms with Crippen LogP contribution >= 0.6 is 0 Å². The van der Waals surface area contributed by atoms with Gasteiger partial charge in [0.2, 0.25) is 0 Å². The Kier molecular flexibility index (Phi) is 4.96. The normalized spacial score (nSPS) is 10.9. The molecule has 0 unspecified atom stereocenters. The monoisotopic (exact) mass is 359 g/mol. The van der Waals surface area contributed by atoms with E-state index < -0.39 is 0 Å². The Morgan fingerprint density at radius 2 is 1.85 bits per heavy atom. The molecule has 0 fully saturated rings. The van der Waals surface area contributed by atoms with Gasteiger partial charge in [-0.25, -0.2) is 4.98 Å². The molecule has 2 heterocycles. The summed E-state index contributed by atoms with van der Waals surface area (Å²) in [6.45, 7) is 3.30. The van der Waals surface area contributed by atoms with Crippen LogP contribution in [0.1, 0.15) is 16.8 Å². The second kappa shape index (κ2) is 7.86. The van der Waals surface area contributed by atoms with E-state index in [4.69, 9.17) is 4.74 Å². The Morgan fingerprint density at radius 1 is 1.00 bits per heavy atom. The van der Waals surface area contributed by atoms with Gasteiger partial charge in [0.15, 0.2) is 0 Å². The van der Waals surface area contributed by atoms with Gasteiger partial charge < -0.3 is 10.1 Å². The van der Waals surface area contributed by atoms with Crippen molar-refractivity contribution < 1.29 is 4.74 Å². The number of aryl methyl sites for hydroxylation is 1. The maximum absolute atomic E-state index is 5.91. The number of benzene rings is 2. The van der Waals surface area contributed by atoms with E-state index in [9.17, 15) is 0 Å². The molecule has 27 heavy (non-hydrogen) atoms. The molecule has 0 saturated carbocycles. The van der Waals surface area contributed by atoms with Crippen LogP contribution in [0.2, 0.25) is 0 Å². The molecule has 0 aliphatic rings. The zero-order valence-corrected chi connectivity index (χ0v) is 15.2. The Balaban J connectivity index is 1.36. The van der Waals surface area contributed by atoms with Crippen LogP contribution in [0.4, 0.5) is 5.82 Å². The summed E-state index contributed by atoms with van der Waals surface area (Å²) in [6.07, 6.45) is 2.39. The SMILES string of the molecule is Cc1cc(NCCc2cccc(OCc3ccccc3)c2)n2ncnc2n1. The first-order valence-electron chi connectivity index (χ1n) is 8.95. The highest BCUT2D eigenvalue weighted by atomic mass is 16.5. The number of ether oxygens (including phenoxy) is 1. The lowest BCUT2D eigenvalue weighted by molar-refractivity contribution is 0.306. The predicted molar refractivity (Wildman–Crippen MR) is 105 cm³/mol. The highest BCUT2D eigenvalue weighted by Gasteiger charge is 2.05. The number of nitrogens with zero attached hydrogens (tertiary/aromatic N) is 4. The molecule has 6 nitrogen and oxygen atoms in total. The molecular weight excluding hydrogens is 338 g/mol. The molecule has 0 atom stereocenters. The summed E-state index contributed by atoms with van der Waals surface area (Å²) in [7, 11) is 0. The van der Waals surface area contributed by atoms with Crippen LogP contribution in [0.25, 0.3) is 5.78 Å². The molecule has 0 aliphatic carbocycles. The fourth-order valence-electron chi connectivity index (χ4n) is 2.92. The third kappa shape index (κ3) is 4.23. The Labute approximate surface area is 157 Å². The van der Waals surface area contributed by atoms with E-state index in [1.165, 1.54) is 11.9 Å². The van der Waals surface area contributed by atoms with Crippen LogP contribution in [-0.2, 0) is 13.0 Å². The summed E-state index contributed by atoms with van der Waals surface area (Å²) in [5.74, 6) is 2.38. The Morgan fingerprint density at radius 3 is 2.74 bits per heavy atom. The predicted octanol–water partition coefficient (Wildman–Crippen LogP) is 3.67. The average Bonchev–Trinajstić information content (AvgIpc) is 3.16. The second-order valence-electron chi connectivity index (χ2n) is 6.35. The zero-order chi connectivity index (χ0) is 18.5. The van der Waals surface area contributed by atoms with Crippen LogP contribution in [0.15, 0.2) is 67.0 Å². The smallest absolute Gasteiger partial charge is 0.254 e. The fraction of sp³-hybridized carbons (Fsp3) is 0.190. The van der Waals surface area contributed by atoms with Gasteiger partial charge in [0.25, 0.3) is 5.78 Å². The summed E-state index contributed by atoms with van der Waals surface area (Å²) in [6, 6.07) is 20.4. The molecule has 6 heteroatoms. The average molecular weight is 359 g/mol. The largest absolute Gasteiger partial charge is 0.489 e. The van der Waals surface area contributed by atoms with E-state index in [0.717, 1.165) is 35.8 Å². The van der Waals surface area contributed by atoms with Crippen LogP contribution in [0.3, 0.4) is 0 Å². The number of fused-ring (bicyclic) bond motifs is 1. The van der Waals surface area contributed by atoms with Crippen molar-refractivity contribution >= 4 is 11.6 Å². The van der Waals surface area contributed by atoms with Gasteiger partial charge in [-0.15, -0.1) is 0 Å². The van der Waals surface area contributed by atoms with Crippen molar-refractivity contribution in [2.24, 2.45) is 0 Å². The van der Waals surface area contributed by atoms with Crippen molar-refractivity contribution in [1.29, 1.82) is 0 Å². The first-order chi connectivity index (χ1) is 13.3. The number of hydrogen-bond acceptors (Lipinski definition) is 5. The first kappa shape index (κ1) is 17.0. The number of aromatic nitrogens is 4. The minimum absolute atomic E-state index is 0.573. The van der Waals surface area contributed by atoms with Crippen LogP contribution in [0.5, 0.6) is 5.75 Å². The highest BCUT2D eigenvalue weighted by molar-refractivity contribution is 5.44. The van der Waals surface area contributed by atoms with E-state index >= 15 is 0 Å². The minimum atomic E-state index is 0.573. The number of rotatable bonds is 7. The summed E-state index contributed by atoms with van der Waals surface area (Å²) >= 11 is 0. The zero-order valence-electron chi connectivity index (χ0n) is 15.2. The van der Waals surface area contributed by atoms with E-state index in [1.54, 1.807) is 4.52 Å². The molecular formula is C21H21N5O. The van der Waals surface area contributed by atoms with Gasteiger partial charge in [-0.05, 0) is 36.6 Å². The lowest BCUT2D eigenvalue weighted by atomic mass is 10.1. The molecule has 4 rings (SSSR count). The molecule has 0 spiro atoms. The third-order valence-electron chi connectivity index (χ3n) is 4.25. The van der Waals surface area contributed by atoms with Crippen molar-refractivity contribution in [3.05, 3.63) is 83.8 Å². The topological polar surface area (TPSA) is 64.3 Å². The molecule has 136 valence electrons. The number of nitrogens with one attached hydrogen (secondary N) is 1. The molecule has 0 radical (unpaired) electrons. The summed E-state index contributed by atoms with van der Waals surface area (Å²) in [5.41, 5.74) is 3.29. The Bertz CT molecular complexity index is 1030. The van der Waals surface area contributed by atoms with Crippen LogP contribution in [0, 0.1) is 6.92 Å². The van der Waals surface area contributed by atoms with E-state index in [1.807, 2.05) is 43.3 Å². The minimum Gasteiger partial charge on any atom is -0.489 e. The van der Waals surface area contributed by atoms with Gasteiger partial charge in [0.05, 0.1) is 0 Å². The maximum Gasteiger partial charge on any atom is 0.254 e. The third-order valence-corrected chi connectivity index (χ3v) is 4.25. The molecule has 0 amide bonds. The molecule has 2 aromatic heterocycles. The first-order valence-corrected chi connectivity index (χ1v) is 8.95. The van der Waals surface area contributed by atoms with Gasteiger partial charge in [-0.1, -0.05) is 42.5 Å². The standard InChI is InChI=1S/C21H21N5O/c1-16-12-20(26-21(25-16)23-15-24-26)22-11-10-17-8-5-9-19(13-17)27-14-18-6-3-2-4-7-18/h2-9,12-13,15,22H,10-11,14H2,1H3. The number of hydrogen-bond donors (Lipinski definition) is 1. The molecule has 4 aromatic rings. The molecule has 1 N–H and O–H groups in total. The fourth-order valence-corrected chi connectivity index (χ4v) is 2.92. The van der Waals surface area contributed by atoms with Crippen molar-refractivity contribution in [2.45, 2.75) is 20.0 Å². The van der Waals surface area contributed by atoms with Crippen molar-refractivity contribution in [1.82, 2.24) is 19.6 Å². The molecule has 2 aromatic carbocycles. The molecule has 0 bridgehead atoms. The van der Waals surface area contributed by atoms with Crippen LogP contribution < -0.4 is 10.1 Å². The Hall–Kier alpha value is -3.41. The van der Waals surface area contributed by atoms with Gasteiger partial charge in [-0.2, -0.15) is 14.6 Å². The van der Waals surface area contributed by atoms with E-state index in [-0.39, 0.29) is 0 Å². The number of anilines is 1. The van der Waals surface area contributed by atoms with E-state index in [0.29, 0.717) is 12.4 Å². The highest BCUT2D eigenvalue weighted by Crippen LogP contribution is 2.16. The molecule has 0 saturated heterocycles. The van der Waals surface area contributed by atoms with Crippen molar-refractivity contribution in [2.75, 3.05) is 11.9 Å². The van der Waals surface area contributed by atoms with Gasteiger partial charge >= 0.3 is 0 Å². The summed E-state index contributed by atoms with van der Waals surface area (Å²) in [4.78, 5) is 8.50.